The first kappa shape index (κ1) is 14.2. The molecule has 1 aromatic rings. The van der Waals surface area contributed by atoms with E-state index < -0.39 is 0 Å². The van der Waals surface area contributed by atoms with E-state index in [-0.39, 0.29) is 0 Å². The van der Waals surface area contributed by atoms with E-state index in [1.807, 2.05) is 11.3 Å². The number of halogens is 1. The molecule has 0 spiro atoms. The number of nitrogens with one attached hydrogen (secondary N) is 1. The monoisotopic (exact) mass is 303 g/mol. The minimum Gasteiger partial charge on any atom is -0.312 e. The molecule has 16 heavy (non-hydrogen) atoms. The summed E-state index contributed by atoms with van der Waals surface area (Å²) in [5.41, 5.74) is 0. The number of rotatable bonds is 9. The topological polar surface area (TPSA) is 12.0 Å². The summed E-state index contributed by atoms with van der Waals surface area (Å²) in [7, 11) is 0. The summed E-state index contributed by atoms with van der Waals surface area (Å²) in [6, 6.07) is 4.50. The van der Waals surface area contributed by atoms with Crippen LogP contribution in [0.15, 0.2) is 12.1 Å². The van der Waals surface area contributed by atoms with E-state index in [9.17, 15) is 0 Å². The van der Waals surface area contributed by atoms with Gasteiger partial charge in [-0.15, -0.1) is 11.3 Å². The van der Waals surface area contributed by atoms with Crippen molar-refractivity contribution in [3.63, 3.8) is 0 Å². The standard InChI is InChI=1S/C13H22BrNS/c1-2-12-7-8-13(16-12)11-15-10-6-4-3-5-9-14/h7-8,15H,2-6,9-11H2,1H3. The highest BCUT2D eigenvalue weighted by atomic mass is 79.9. The minimum atomic E-state index is 1.04. The fraction of sp³-hybridized carbons (Fsp3) is 0.692. The summed E-state index contributed by atoms with van der Waals surface area (Å²) in [4.78, 5) is 2.96. The molecular formula is C13H22BrNS. The Morgan fingerprint density at radius 2 is 1.88 bits per heavy atom. The molecule has 1 heterocycles. The van der Waals surface area contributed by atoms with E-state index in [4.69, 9.17) is 0 Å². The lowest BCUT2D eigenvalue weighted by Crippen LogP contribution is -2.13. The van der Waals surface area contributed by atoms with Gasteiger partial charge in [-0.1, -0.05) is 35.7 Å². The van der Waals surface area contributed by atoms with E-state index in [1.165, 1.54) is 35.4 Å². The maximum absolute atomic E-state index is 3.51. The van der Waals surface area contributed by atoms with E-state index >= 15 is 0 Å². The van der Waals surface area contributed by atoms with Crippen LogP contribution in [0.3, 0.4) is 0 Å². The van der Waals surface area contributed by atoms with Crippen LogP contribution < -0.4 is 5.32 Å². The Hall–Kier alpha value is 0.140. The van der Waals surface area contributed by atoms with Crippen LogP contribution in [-0.4, -0.2) is 11.9 Å². The molecule has 0 aliphatic rings. The summed E-state index contributed by atoms with van der Waals surface area (Å²) < 4.78 is 0. The Balaban J connectivity index is 1.98. The molecule has 1 N–H and O–H groups in total. The van der Waals surface area contributed by atoms with Crippen molar-refractivity contribution >= 4 is 27.3 Å². The van der Waals surface area contributed by atoms with Gasteiger partial charge >= 0.3 is 0 Å². The number of thiophene rings is 1. The zero-order chi connectivity index (χ0) is 11.6. The molecule has 0 fully saturated rings. The van der Waals surface area contributed by atoms with Gasteiger partial charge in [-0.3, -0.25) is 0 Å². The number of unbranched alkanes of at least 4 members (excludes halogenated alkanes) is 3. The first-order valence-electron chi connectivity index (χ1n) is 6.21. The zero-order valence-corrected chi connectivity index (χ0v) is 12.5. The molecule has 1 rings (SSSR count). The number of hydrogen-bond acceptors (Lipinski definition) is 2. The molecule has 0 aliphatic heterocycles. The van der Waals surface area contributed by atoms with Gasteiger partial charge in [-0.05, 0) is 37.9 Å². The first-order valence-corrected chi connectivity index (χ1v) is 8.15. The molecule has 0 saturated carbocycles. The Labute approximate surface area is 112 Å². The molecule has 0 unspecified atom stereocenters. The van der Waals surface area contributed by atoms with Gasteiger partial charge in [0.15, 0.2) is 0 Å². The second kappa shape index (κ2) is 9.20. The molecule has 1 nitrogen and oxygen atoms in total. The predicted octanol–water partition coefficient (Wildman–Crippen LogP) is 4.36. The van der Waals surface area contributed by atoms with E-state index in [0.717, 1.165) is 24.8 Å². The van der Waals surface area contributed by atoms with Crippen LogP contribution in [0, 0.1) is 0 Å². The molecular weight excluding hydrogens is 282 g/mol. The van der Waals surface area contributed by atoms with Crippen molar-refractivity contribution in [3.05, 3.63) is 21.9 Å². The second-order valence-corrected chi connectivity index (χ2v) is 6.05. The number of alkyl halides is 1. The maximum Gasteiger partial charge on any atom is 0.0299 e. The van der Waals surface area contributed by atoms with Crippen molar-refractivity contribution in [2.24, 2.45) is 0 Å². The van der Waals surface area contributed by atoms with Crippen LogP contribution in [0.25, 0.3) is 0 Å². The summed E-state index contributed by atoms with van der Waals surface area (Å²) in [5.74, 6) is 0. The third-order valence-corrected chi connectivity index (χ3v) is 4.39. The molecule has 0 aliphatic carbocycles. The van der Waals surface area contributed by atoms with Crippen molar-refractivity contribution in [1.82, 2.24) is 5.32 Å². The van der Waals surface area contributed by atoms with Gasteiger partial charge in [-0.25, -0.2) is 0 Å². The van der Waals surface area contributed by atoms with Crippen LogP contribution in [0.1, 0.15) is 42.4 Å². The number of hydrogen-bond donors (Lipinski definition) is 1. The van der Waals surface area contributed by atoms with Gasteiger partial charge in [0.2, 0.25) is 0 Å². The van der Waals surface area contributed by atoms with Crippen molar-refractivity contribution in [3.8, 4) is 0 Å². The van der Waals surface area contributed by atoms with Gasteiger partial charge < -0.3 is 5.32 Å². The van der Waals surface area contributed by atoms with Gasteiger partial charge in [0, 0.05) is 21.6 Å². The van der Waals surface area contributed by atoms with Crippen molar-refractivity contribution < 1.29 is 0 Å². The highest BCUT2D eigenvalue weighted by Gasteiger charge is 1.97. The molecule has 0 radical (unpaired) electrons. The Morgan fingerprint density at radius 1 is 1.12 bits per heavy atom. The summed E-state index contributed by atoms with van der Waals surface area (Å²) in [6.45, 7) is 4.41. The lowest BCUT2D eigenvalue weighted by molar-refractivity contribution is 0.602. The molecule has 0 bridgehead atoms. The highest BCUT2D eigenvalue weighted by molar-refractivity contribution is 9.09. The molecule has 1 aromatic heterocycles. The average Bonchev–Trinajstić information content (AvgIpc) is 2.76. The predicted molar refractivity (Wildman–Crippen MR) is 77.7 cm³/mol. The third-order valence-electron chi connectivity index (χ3n) is 2.60. The zero-order valence-electron chi connectivity index (χ0n) is 10.1. The Kier molecular flexibility index (Phi) is 8.17. The number of aryl methyl sites for hydroxylation is 1. The van der Waals surface area contributed by atoms with Gasteiger partial charge in [0.05, 0.1) is 0 Å². The summed E-state index contributed by atoms with van der Waals surface area (Å²) in [5, 5.41) is 4.66. The molecule has 0 amide bonds. The minimum absolute atomic E-state index is 1.04. The summed E-state index contributed by atoms with van der Waals surface area (Å²) in [6.07, 6.45) is 6.48. The molecule has 0 aromatic carbocycles. The fourth-order valence-electron chi connectivity index (χ4n) is 1.62. The van der Waals surface area contributed by atoms with Gasteiger partial charge in [0.25, 0.3) is 0 Å². The van der Waals surface area contributed by atoms with Crippen molar-refractivity contribution in [2.45, 2.75) is 45.6 Å². The van der Waals surface area contributed by atoms with E-state index in [1.54, 1.807) is 0 Å². The van der Waals surface area contributed by atoms with Crippen LogP contribution in [0.5, 0.6) is 0 Å². The lowest BCUT2D eigenvalue weighted by Gasteiger charge is -2.02. The van der Waals surface area contributed by atoms with Crippen LogP contribution >= 0.6 is 27.3 Å². The van der Waals surface area contributed by atoms with Crippen LogP contribution in [-0.2, 0) is 13.0 Å². The largest absolute Gasteiger partial charge is 0.312 e. The molecule has 92 valence electrons. The van der Waals surface area contributed by atoms with Crippen molar-refractivity contribution in [1.29, 1.82) is 0 Å². The van der Waals surface area contributed by atoms with Crippen molar-refractivity contribution in [2.75, 3.05) is 11.9 Å². The smallest absolute Gasteiger partial charge is 0.0299 e. The van der Waals surface area contributed by atoms with Gasteiger partial charge in [0.1, 0.15) is 0 Å². The molecule has 3 heteroatoms. The first-order chi connectivity index (χ1) is 7.86. The molecule has 0 saturated heterocycles. The SMILES string of the molecule is CCc1ccc(CNCCCCCCBr)s1. The summed E-state index contributed by atoms with van der Waals surface area (Å²) >= 11 is 5.39. The lowest BCUT2D eigenvalue weighted by atomic mass is 10.2. The fourth-order valence-corrected chi connectivity index (χ4v) is 2.94. The highest BCUT2D eigenvalue weighted by Crippen LogP contribution is 2.16. The maximum atomic E-state index is 3.51. The Morgan fingerprint density at radius 3 is 2.56 bits per heavy atom. The van der Waals surface area contributed by atoms with E-state index in [0.29, 0.717) is 0 Å². The van der Waals surface area contributed by atoms with Gasteiger partial charge in [-0.2, -0.15) is 0 Å². The molecule has 0 atom stereocenters. The van der Waals surface area contributed by atoms with E-state index in [2.05, 4.69) is 40.3 Å². The Bertz CT molecular complexity index is 273. The van der Waals surface area contributed by atoms with Crippen LogP contribution in [0.2, 0.25) is 0 Å². The average molecular weight is 304 g/mol. The second-order valence-electron chi connectivity index (χ2n) is 4.00. The quantitative estimate of drug-likeness (QED) is 0.528. The van der Waals surface area contributed by atoms with Crippen LogP contribution in [0.4, 0.5) is 0 Å². The normalized spacial score (nSPS) is 10.9. The third kappa shape index (κ3) is 6.02.